The second-order valence-corrected chi connectivity index (χ2v) is 9.47. The average molecular weight is 604 g/mol. The van der Waals surface area contributed by atoms with Crippen LogP contribution in [-0.2, 0) is 30.0 Å². The molecule has 2 unspecified atom stereocenters. The van der Waals surface area contributed by atoms with Crippen molar-refractivity contribution < 1.29 is 42.4 Å². The lowest BCUT2D eigenvalue weighted by Gasteiger charge is -2.50. The lowest BCUT2D eigenvalue weighted by atomic mass is 9.85. The van der Waals surface area contributed by atoms with Crippen LogP contribution in [-0.4, -0.2) is 90.8 Å². The van der Waals surface area contributed by atoms with E-state index in [1.165, 1.54) is 36.0 Å². The van der Waals surface area contributed by atoms with Crippen LogP contribution in [0.1, 0.15) is 26.3 Å². The number of aliphatic carboxylic acids is 1. The molecule has 0 aliphatic carbocycles. The zero-order chi connectivity index (χ0) is 31.0. The summed E-state index contributed by atoms with van der Waals surface area (Å²) in [5.74, 6) is -1.07. The molecule has 40 heavy (non-hydrogen) atoms. The lowest BCUT2D eigenvalue weighted by molar-refractivity contribution is -0.216. The van der Waals surface area contributed by atoms with E-state index in [9.17, 15) is 18.6 Å². The molecule has 3 atom stereocenters. The number of β-lactam (4-membered cyclic amide) rings is 1. The maximum Gasteiger partial charge on any atom is 0.347 e. The summed E-state index contributed by atoms with van der Waals surface area (Å²) in [5.41, 5.74) is 11.2. The number of carboxylic acids is 1. The van der Waals surface area contributed by atoms with Crippen LogP contribution in [0, 0.1) is 10.8 Å². The van der Waals surface area contributed by atoms with Gasteiger partial charge in [-0.2, -0.15) is 9.27 Å². The summed E-state index contributed by atoms with van der Waals surface area (Å²) in [4.78, 5) is 35.6. The number of thioether (sulfide) groups is 1. The van der Waals surface area contributed by atoms with Gasteiger partial charge in [0, 0.05) is 11.4 Å². The van der Waals surface area contributed by atoms with Gasteiger partial charge in [0.25, 0.3) is 5.91 Å². The molecule has 2 amide bonds. The third-order valence-corrected chi connectivity index (χ3v) is 5.64. The number of amides is 2. The van der Waals surface area contributed by atoms with Crippen LogP contribution in [0.5, 0.6) is 5.75 Å². The van der Waals surface area contributed by atoms with E-state index in [0.29, 0.717) is 35.0 Å². The summed E-state index contributed by atoms with van der Waals surface area (Å²) in [6, 6.07) is 5.33. The van der Waals surface area contributed by atoms with E-state index < -0.39 is 47.5 Å². The van der Waals surface area contributed by atoms with Crippen molar-refractivity contribution >= 4 is 59.7 Å². The molecule has 0 spiro atoms. The molecule has 1 saturated heterocycles. The Morgan fingerprint density at radius 1 is 1.38 bits per heavy atom. The molecule has 1 aliphatic rings. The number of hydrogen-bond acceptors (Lipinski definition) is 12. The number of hydroxylamine groups is 2. The molecule has 222 valence electrons. The van der Waals surface area contributed by atoms with E-state index >= 15 is 0 Å². The minimum absolute atomic E-state index is 0.0801. The summed E-state index contributed by atoms with van der Waals surface area (Å²) >= 11 is -1.13. The summed E-state index contributed by atoms with van der Waals surface area (Å²) < 4.78 is 28.1. The third-order valence-electron chi connectivity index (χ3n) is 4.78. The summed E-state index contributed by atoms with van der Waals surface area (Å²) in [6.07, 6.45) is -0.888. The fourth-order valence-electron chi connectivity index (χ4n) is 2.71. The number of ether oxygens (including phenoxy) is 1. The normalized spacial score (nSPS) is 16.9. The van der Waals surface area contributed by atoms with Crippen LogP contribution in [0.3, 0.4) is 0 Å². The Kier molecular flexibility index (Phi) is 16.2. The number of carbonyl (C=O) groups excluding carboxylic acids is 2. The molecule has 1 heterocycles. The van der Waals surface area contributed by atoms with E-state index in [4.69, 9.17) is 41.8 Å². The molecule has 16 nitrogen and oxygen atoms in total. The molecular weight excluding hydrogens is 570 g/mol. The number of benzene rings is 1. The Morgan fingerprint density at radius 2 is 1.95 bits per heavy atom. The topological polar surface area (TPSA) is 275 Å². The van der Waals surface area contributed by atoms with Gasteiger partial charge in [0.2, 0.25) is 12.5 Å². The Balaban J connectivity index is 0.000000587. The van der Waals surface area contributed by atoms with Gasteiger partial charge in [-0.15, -0.1) is 16.0 Å². The van der Waals surface area contributed by atoms with Crippen LogP contribution >= 0.6 is 11.8 Å². The van der Waals surface area contributed by atoms with Crippen molar-refractivity contribution in [3.8, 4) is 5.75 Å². The van der Waals surface area contributed by atoms with Gasteiger partial charge < -0.3 is 37.1 Å². The van der Waals surface area contributed by atoms with E-state index in [2.05, 4.69) is 21.3 Å². The molecule has 0 bridgehead atoms. The van der Waals surface area contributed by atoms with Gasteiger partial charge in [-0.3, -0.25) is 24.5 Å². The number of aliphatic hydroxyl groups is 1. The summed E-state index contributed by atoms with van der Waals surface area (Å²) in [5, 5.41) is 36.5. The molecular formula is C22H33N7O9S2. The molecule has 1 fully saturated rings. The highest BCUT2D eigenvalue weighted by Crippen LogP contribution is 2.31. The Bertz CT molecular complexity index is 1110. The minimum atomic E-state index is -2.54. The number of nitrogens with two attached hydrogens (primary N) is 2. The molecule has 1 aliphatic heterocycles. The molecule has 0 radical (unpaired) electrons. The van der Waals surface area contributed by atoms with Crippen molar-refractivity contribution in [1.29, 1.82) is 10.8 Å². The van der Waals surface area contributed by atoms with Crippen LogP contribution in [0.4, 0.5) is 0 Å². The highest BCUT2D eigenvalue weighted by Gasteiger charge is 2.56. The number of hydrogen-bond donors (Lipinski definition) is 8. The number of nitrogen functional groups attached to an aromatic ring is 1. The molecule has 10 N–H and O–H groups in total. The van der Waals surface area contributed by atoms with Gasteiger partial charge in [0.05, 0.1) is 23.6 Å². The van der Waals surface area contributed by atoms with Crippen LogP contribution in [0.25, 0.3) is 0 Å². The monoisotopic (exact) mass is 603 g/mol. The maximum atomic E-state index is 11.2. The van der Waals surface area contributed by atoms with Crippen molar-refractivity contribution in [2.24, 2.45) is 16.5 Å². The van der Waals surface area contributed by atoms with E-state index in [-0.39, 0.29) is 5.84 Å². The molecule has 2 rings (SSSR count). The number of aliphatic imine (C=N–C) groups is 1. The van der Waals surface area contributed by atoms with Crippen molar-refractivity contribution in [3.05, 3.63) is 40.9 Å². The number of nitrogens with zero attached hydrogens (tertiary/aromatic N) is 2. The van der Waals surface area contributed by atoms with Crippen molar-refractivity contribution in [2.45, 2.75) is 38.5 Å². The zero-order valence-corrected chi connectivity index (χ0v) is 23.5. The first kappa shape index (κ1) is 36.3. The predicted octanol–water partition coefficient (Wildman–Crippen LogP) is -0.197. The van der Waals surface area contributed by atoms with Gasteiger partial charge in [-0.05, 0) is 57.2 Å². The lowest BCUT2D eigenvalue weighted by Crippen LogP contribution is -2.75. The van der Waals surface area contributed by atoms with Crippen molar-refractivity contribution in [1.82, 2.24) is 10.4 Å². The smallest absolute Gasteiger partial charge is 0.347 e. The number of carbonyl (C=O) groups is 3. The number of allylic oxidation sites excluding steroid dienone is 1. The van der Waals surface area contributed by atoms with E-state index in [1.54, 1.807) is 26.2 Å². The molecule has 18 heteroatoms. The Hall–Kier alpha value is -3.68. The largest absolute Gasteiger partial charge is 0.478 e. The number of nitrogens with one attached hydrogen (secondary N) is 3. The van der Waals surface area contributed by atoms with Crippen molar-refractivity contribution in [2.75, 3.05) is 12.5 Å². The first-order valence-electron chi connectivity index (χ1n) is 11.0. The SMILES string of the molecule is C=N/C(=C\SCN)C(C)=N.CC1(C)[C@H](NC=O)C(=O)N1OS(=O)O.N=C(N)c1ccc(OC(CO)C(=O)O)cc1. The number of carboxylic acid groups (broad SMARTS) is 1. The Morgan fingerprint density at radius 3 is 2.30 bits per heavy atom. The van der Waals surface area contributed by atoms with Crippen LogP contribution in [0.2, 0.25) is 0 Å². The van der Waals surface area contributed by atoms with Crippen LogP contribution in [0.15, 0.2) is 40.4 Å². The van der Waals surface area contributed by atoms with Crippen LogP contribution < -0.4 is 21.5 Å². The summed E-state index contributed by atoms with van der Waals surface area (Å²) in [7, 11) is 0. The van der Waals surface area contributed by atoms with E-state index in [1.807, 2.05) is 0 Å². The van der Waals surface area contributed by atoms with Gasteiger partial charge in [0.15, 0.2) is 0 Å². The van der Waals surface area contributed by atoms with Gasteiger partial charge >= 0.3 is 17.3 Å². The standard InChI is InChI=1S/C10H12N2O4.C6H11N3S.C6H10N2O5S/c11-9(12)6-1-3-7(4-2-6)16-8(5-13)10(14)15;1-5(8)6(9-2)3-10-4-7;1-6(2)4(7-3-9)5(10)8(6)13-14(11)12/h1-4,8,13H,5H2,(H3,11,12)(H,14,15);3,8H,2,4,7H2,1H3;3-4H,1-2H3,(H,7,9)(H,11,12)/b;6-3-,8-5?;/t;;4-/m..1/s1. The fourth-order valence-corrected chi connectivity index (χ4v) is 3.61. The molecule has 1 aromatic rings. The predicted molar refractivity (Wildman–Crippen MR) is 150 cm³/mol. The maximum absolute atomic E-state index is 11.2. The Labute approximate surface area is 237 Å². The highest BCUT2D eigenvalue weighted by molar-refractivity contribution is 8.02. The molecule has 0 aromatic heterocycles. The van der Waals surface area contributed by atoms with E-state index in [0.717, 1.165) is 5.06 Å². The number of amidine groups is 1. The first-order chi connectivity index (χ1) is 18.7. The molecule has 0 saturated carbocycles. The van der Waals surface area contributed by atoms with Gasteiger partial charge in [-0.25, -0.2) is 4.79 Å². The zero-order valence-electron chi connectivity index (χ0n) is 21.9. The summed E-state index contributed by atoms with van der Waals surface area (Å²) in [6.45, 7) is 7.58. The first-order valence-corrected chi connectivity index (χ1v) is 13.1. The quantitative estimate of drug-likeness (QED) is 0.0363. The molecule has 1 aromatic carbocycles. The number of rotatable bonds is 13. The van der Waals surface area contributed by atoms with Gasteiger partial charge in [-0.1, -0.05) is 0 Å². The second kappa shape index (κ2) is 17.8. The third kappa shape index (κ3) is 11.6. The minimum Gasteiger partial charge on any atom is -0.478 e. The average Bonchev–Trinajstić information content (AvgIpc) is 2.89. The van der Waals surface area contributed by atoms with Crippen molar-refractivity contribution in [3.63, 3.8) is 0 Å². The van der Waals surface area contributed by atoms with Gasteiger partial charge in [0.1, 0.15) is 17.6 Å². The highest BCUT2D eigenvalue weighted by atomic mass is 32.2. The number of aliphatic hydroxyl groups excluding tert-OH is 1. The second-order valence-electron chi connectivity index (χ2n) is 7.98. The fraction of sp³-hybridized carbons (Fsp3) is 0.364.